The van der Waals surface area contributed by atoms with Crippen molar-refractivity contribution in [3.05, 3.63) is 35.5 Å². The largest absolute Gasteiger partial charge is 0.355 e. The van der Waals surface area contributed by atoms with E-state index < -0.39 is 0 Å². The zero-order valence-electron chi connectivity index (χ0n) is 15.2. The molecule has 0 saturated carbocycles. The van der Waals surface area contributed by atoms with E-state index in [1.54, 1.807) is 11.8 Å². The summed E-state index contributed by atoms with van der Waals surface area (Å²) in [6, 6.07) is 8.77. The summed E-state index contributed by atoms with van der Waals surface area (Å²) in [5, 5.41) is 7.08. The lowest BCUT2D eigenvalue weighted by molar-refractivity contribution is 0.0939. The van der Waals surface area contributed by atoms with Gasteiger partial charge in [0, 0.05) is 40.9 Å². The topological polar surface area (TPSA) is 58.4 Å². The maximum absolute atomic E-state index is 12.5. The first-order valence-electron chi connectivity index (χ1n) is 9.47. The number of hydrogen-bond donors (Lipinski definition) is 1. The van der Waals surface area contributed by atoms with Crippen molar-refractivity contribution in [2.24, 2.45) is 0 Å². The number of nitrogens with one attached hydrogen (secondary N) is 1. The molecule has 0 bridgehead atoms. The van der Waals surface area contributed by atoms with Gasteiger partial charge in [-0.15, -0.1) is 11.8 Å². The molecule has 5 nitrogen and oxygen atoms in total. The molecule has 4 rings (SSSR count). The lowest BCUT2D eigenvalue weighted by Crippen LogP contribution is -2.39. The van der Waals surface area contributed by atoms with Gasteiger partial charge in [0.05, 0.1) is 0 Å². The highest BCUT2D eigenvalue weighted by Crippen LogP contribution is 2.42. The van der Waals surface area contributed by atoms with E-state index in [0.717, 1.165) is 35.6 Å². The summed E-state index contributed by atoms with van der Waals surface area (Å²) >= 11 is 1.73. The van der Waals surface area contributed by atoms with Crippen molar-refractivity contribution < 1.29 is 9.32 Å². The van der Waals surface area contributed by atoms with Crippen molar-refractivity contribution in [2.45, 2.75) is 49.3 Å². The molecule has 2 aliphatic heterocycles. The molecule has 1 saturated heterocycles. The molecule has 138 valence electrons. The molecule has 2 aromatic rings. The van der Waals surface area contributed by atoms with Crippen molar-refractivity contribution in [1.82, 2.24) is 15.4 Å². The van der Waals surface area contributed by atoms with Crippen LogP contribution in [0.3, 0.4) is 0 Å². The number of amides is 1. The predicted molar refractivity (Wildman–Crippen MR) is 103 cm³/mol. The SMILES string of the molecule is CC1CCCCN1CCCNC(=O)c1noc2c1CSc1ccccc1-2. The summed E-state index contributed by atoms with van der Waals surface area (Å²) in [6.45, 7) is 5.20. The molecule has 0 aliphatic carbocycles. The second-order valence-corrected chi connectivity index (χ2v) is 8.13. The zero-order valence-corrected chi connectivity index (χ0v) is 16.0. The molecule has 26 heavy (non-hydrogen) atoms. The molecular weight excluding hydrogens is 346 g/mol. The van der Waals surface area contributed by atoms with E-state index in [0.29, 0.717) is 18.3 Å². The quantitative estimate of drug-likeness (QED) is 0.807. The number of benzene rings is 1. The third-order valence-corrected chi connectivity index (χ3v) is 6.46. The first kappa shape index (κ1) is 17.6. The number of rotatable bonds is 5. The average molecular weight is 372 g/mol. The van der Waals surface area contributed by atoms with Crippen LogP contribution in [-0.2, 0) is 5.75 Å². The van der Waals surface area contributed by atoms with E-state index >= 15 is 0 Å². The predicted octanol–water partition coefficient (Wildman–Crippen LogP) is 3.94. The highest BCUT2D eigenvalue weighted by atomic mass is 32.2. The fourth-order valence-electron chi connectivity index (χ4n) is 3.82. The van der Waals surface area contributed by atoms with E-state index in [4.69, 9.17) is 4.52 Å². The number of thioether (sulfide) groups is 1. The maximum atomic E-state index is 12.5. The Balaban J connectivity index is 1.34. The number of piperidine rings is 1. The van der Waals surface area contributed by atoms with Crippen LogP contribution in [0.25, 0.3) is 11.3 Å². The van der Waals surface area contributed by atoms with Gasteiger partial charge in [0.25, 0.3) is 5.91 Å². The van der Waals surface area contributed by atoms with E-state index in [2.05, 4.69) is 28.4 Å². The van der Waals surface area contributed by atoms with Crippen molar-refractivity contribution in [3.63, 3.8) is 0 Å². The standard InChI is InChI=1S/C20H25N3O2S/c1-14-7-4-5-11-23(14)12-6-10-21-20(24)18-16-13-26-17-9-3-2-8-15(17)19(16)25-22-18/h2-3,8-9,14H,4-7,10-13H2,1H3,(H,21,24). The van der Waals surface area contributed by atoms with Crippen LogP contribution in [0.2, 0.25) is 0 Å². The molecule has 2 aliphatic rings. The molecule has 6 heteroatoms. The molecule has 3 heterocycles. The molecular formula is C20H25N3O2S. The Hall–Kier alpha value is -1.79. The Labute approximate surface area is 158 Å². The van der Waals surface area contributed by atoms with Gasteiger partial charge in [-0.05, 0) is 44.9 Å². The second kappa shape index (κ2) is 7.84. The van der Waals surface area contributed by atoms with Crippen LogP contribution in [0.1, 0.15) is 48.7 Å². The van der Waals surface area contributed by atoms with Crippen LogP contribution in [-0.4, -0.2) is 41.6 Å². The maximum Gasteiger partial charge on any atom is 0.273 e. The minimum absolute atomic E-state index is 0.123. The molecule has 1 amide bonds. The summed E-state index contributed by atoms with van der Waals surface area (Å²) < 4.78 is 5.52. The van der Waals surface area contributed by atoms with Gasteiger partial charge in [0.15, 0.2) is 11.5 Å². The molecule has 1 atom stereocenters. The van der Waals surface area contributed by atoms with Crippen molar-refractivity contribution in [1.29, 1.82) is 0 Å². The monoisotopic (exact) mass is 371 g/mol. The number of carbonyl (C=O) groups is 1. The molecule has 1 fully saturated rings. The van der Waals surface area contributed by atoms with Gasteiger partial charge in [0.2, 0.25) is 0 Å². The number of fused-ring (bicyclic) bond motifs is 3. The lowest BCUT2D eigenvalue weighted by Gasteiger charge is -2.33. The van der Waals surface area contributed by atoms with E-state index in [1.807, 2.05) is 18.2 Å². The summed E-state index contributed by atoms with van der Waals surface area (Å²) in [4.78, 5) is 16.3. The molecule has 1 N–H and O–H groups in total. The lowest BCUT2D eigenvalue weighted by atomic mass is 10.0. The average Bonchev–Trinajstić information content (AvgIpc) is 3.11. The Bertz CT molecular complexity index is 789. The molecule has 1 unspecified atom stereocenters. The Morgan fingerprint density at radius 1 is 1.38 bits per heavy atom. The number of carbonyl (C=O) groups excluding carboxylic acids is 1. The van der Waals surface area contributed by atoms with E-state index in [-0.39, 0.29) is 5.91 Å². The third-order valence-electron chi connectivity index (χ3n) is 5.36. The number of nitrogens with zero attached hydrogens (tertiary/aromatic N) is 2. The number of aromatic nitrogens is 1. The van der Waals surface area contributed by atoms with Crippen LogP contribution in [0.5, 0.6) is 0 Å². The molecule has 1 aromatic heterocycles. The van der Waals surface area contributed by atoms with Gasteiger partial charge in [0.1, 0.15) is 0 Å². The highest BCUT2D eigenvalue weighted by molar-refractivity contribution is 7.98. The van der Waals surface area contributed by atoms with Crippen LogP contribution >= 0.6 is 11.8 Å². The first-order valence-corrected chi connectivity index (χ1v) is 10.5. The van der Waals surface area contributed by atoms with Crippen LogP contribution < -0.4 is 5.32 Å². The number of hydrogen-bond acceptors (Lipinski definition) is 5. The Morgan fingerprint density at radius 3 is 3.15 bits per heavy atom. The second-order valence-electron chi connectivity index (χ2n) is 7.11. The number of likely N-dealkylation sites (tertiary alicyclic amines) is 1. The fourth-order valence-corrected chi connectivity index (χ4v) is 4.88. The van der Waals surface area contributed by atoms with Gasteiger partial charge in [-0.1, -0.05) is 23.7 Å². The zero-order chi connectivity index (χ0) is 17.9. The summed E-state index contributed by atoms with van der Waals surface area (Å²) in [5.74, 6) is 1.34. The van der Waals surface area contributed by atoms with E-state index in [1.165, 1.54) is 30.7 Å². The van der Waals surface area contributed by atoms with Gasteiger partial charge < -0.3 is 14.7 Å². The molecule has 0 radical (unpaired) electrons. The molecule has 0 spiro atoms. The highest BCUT2D eigenvalue weighted by Gasteiger charge is 2.27. The summed E-state index contributed by atoms with van der Waals surface area (Å²) in [5.41, 5.74) is 2.38. The summed E-state index contributed by atoms with van der Waals surface area (Å²) in [7, 11) is 0. The first-order chi connectivity index (χ1) is 12.7. The van der Waals surface area contributed by atoms with Gasteiger partial charge in [-0.3, -0.25) is 4.79 Å². The normalized spacial score (nSPS) is 19.7. The smallest absolute Gasteiger partial charge is 0.273 e. The summed E-state index contributed by atoms with van der Waals surface area (Å²) in [6.07, 6.45) is 4.89. The Morgan fingerprint density at radius 2 is 2.27 bits per heavy atom. The minimum atomic E-state index is -0.123. The molecule has 1 aromatic carbocycles. The van der Waals surface area contributed by atoms with Crippen molar-refractivity contribution in [3.8, 4) is 11.3 Å². The van der Waals surface area contributed by atoms with Crippen LogP contribution in [0, 0.1) is 0 Å². The van der Waals surface area contributed by atoms with Crippen LogP contribution in [0.15, 0.2) is 33.7 Å². The van der Waals surface area contributed by atoms with Crippen molar-refractivity contribution in [2.75, 3.05) is 19.6 Å². The van der Waals surface area contributed by atoms with Crippen molar-refractivity contribution >= 4 is 17.7 Å². The fraction of sp³-hybridized carbons (Fsp3) is 0.500. The van der Waals surface area contributed by atoms with Crippen LogP contribution in [0.4, 0.5) is 0 Å². The minimum Gasteiger partial charge on any atom is -0.355 e. The van der Waals surface area contributed by atoms with Gasteiger partial charge in [-0.25, -0.2) is 0 Å². The third kappa shape index (κ3) is 3.53. The van der Waals surface area contributed by atoms with Gasteiger partial charge >= 0.3 is 0 Å². The van der Waals surface area contributed by atoms with Gasteiger partial charge in [-0.2, -0.15) is 0 Å². The Kier molecular flexibility index (Phi) is 5.31. The van der Waals surface area contributed by atoms with E-state index in [9.17, 15) is 4.79 Å².